The van der Waals surface area contributed by atoms with Gasteiger partial charge in [0.15, 0.2) is 0 Å². The third-order valence-corrected chi connectivity index (χ3v) is 6.35. The van der Waals surface area contributed by atoms with Crippen LogP contribution in [0, 0.1) is 0 Å². The summed E-state index contributed by atoms with van der Waals surface area (Å²) in [6.07, 6.45) is 1.76. The third-order valence-electron chi connectivity index (χ3n) is 2.79. The van der Waals surface area contributed by atoms with Crippen LogP contribution in [0.1, 0.15) is 12.8 Å². The van der Waals surface area contributed by atoms with Gasteiger partial charge in [-0.3, -0.25) is 0 Å². The van der Waals surface area contributed by atoms with E-state index in [1.165, 1.54) is 6.07 Å². The maximum atomic E-state index is 12.3. The zero-order chi connectivity index (χ0) is 13.2. The zero-order valence-corrected chi connectivity index (χ0v) is 12.9. The Morgan fingerprint density at radius 3 is 2.67 bits per heavy atom. The first-order valence-electron chi connectivity index (χ1n) is 5.64. The molecule has 0 amide bonds. The summed E-state index contributed by atoms with van der Waals surface area (Å²) in [5.41, 5.74) is 6.08. The van der Waals surface area contributed by atoms with Gasteiger partial charge in [-0.15, -0.1) is 0 Å². The second-order valence-corrected chi connectivity index (χ2v) is 7.96. The lowest BCUT2D eigenvalue weighted by atomic mass is 10.2. The van der Waals surface area contributed by atoms with Crippen LogP contribution >= 0.6 is 27.7 Å². The van der Waals surface area contributed by atoms with Gasteiger partial charge in [-0.25, -0.2) is 13.1 Å². The van der Waals surface area contributed by atoms with E-state index in [2.05, 4.69) is 20.7 Å². The molecule has 1 fully saturated rings. The van der Waals surface area contributed by atoms with Crippen molar-refractivity contribution in [2.24, 2.45) is 0 Å². The minimum atomic E-state index is -3.50. The van der Waals surface area contributed by atoms with Gasteiger partial charge in [0.25, 0.3) is 0 Å². The Labute approximate surface area is 120 Å². The van der Waals surface area contributed by atoms with E-state index in [4.69, 9.17) is 5.73 Å². The van der Waals surface area contributed by atoms with Crippen LogP contribution in [-0.4, -0.2) is 26.0 Å². The fraction of sp³-hybridized carbons (Fsp3) is 0.455. The van der Waals surface area contributed by atoms with Crippen molar-refractivity contribution in [1.29, 1.82) is 0 Å². The average molecular weight is 351 g/mol. The van der Waals surface area contributed by atoms with Crippen LogP contribution in [0.25, 0.3) is 0 Å². The minimum absolute atomic E-state index is 0.0320. The molecule has 0 atom stereocenters. The van der Waals surface area contributed by atoms with Crippen LogP contribution in [0.15, 0.2) is 27.6 Å². The lowest BCUT2D eigenvalue weighted by Crippen LogP contribution is -2.37. The van der Waals surface area contributed by atoms with Crippen LogP contribution in [0.3, 0.4) is 0 Å². The van der Waals surface area contributed by atoms with Gasteiger partial charge in [0, 0.05) is 16.2 Å². The predicted molar refractivity (Wildman–Crippen MR) is 79.2 cm³/mol. The molecule has 1 heterocycles. The summed E-state index contributed by atoms with van der Waals surface area (Å²) in [4.78, 5) is 0.209. The van der Waals surface area contributed by atoms with Crippen molar-refractivity contribution in [3.63, 3.8) is 0 Å². The molecule has 0 aliphatic carbocycles. The van der Waals surface area contributed by atoms with E-state index in [1.807, 2.05) is 11.8 Å². The minimum Gasteiger partial charge on any atom is -0.399 e. The molecule has 100 valence electrons. The molecule has 1 aromatic carbocycles. The summed E-state index contributed by atoms with van der Waals surface area (Å²) < 4.78 is 27.8. The second-order valence-electron chi connectivity index (χ2n) is 4.20. The number of sulfonamides is 1. The van der Waals surface area contributed by atoms with Crippen LogP contribution in [0.4, 0.5) is 5.69 Å². The van der Waals surface area contributed by atoms with Crippen molar-refractivity contribution in [3.05, 3.63) is 22.7 Å². The van der Waals surface area contributed by atoms with E-state index < -0.39 is 10.0 Å². The third kappa shape index (κ3) is 3.40. The molecule has 0 bridgehead atoms. The molecule has 18 heavy (non-hydrogen) atoms. The Morgan fingerprint density at radius 2 is 2.00 bits per heavy atom. The highest BCUT2D eigenvalue weighted by molar-refractivity contribution is 9.10. The Bertz CT molecular complexity index is 528. The predicted octanol–water partition coefficient (Wildman–Crippen LogP) is 2.21. The van der Waals surface area contributed by atoms with Gasteiger partial charge in [0.05, 0.1) is 4.90 Å². The molecule has 0 unspecified atom stereocenters. The summed E-state index contributed by atoms with van der Waals surface area (Å²) in [7, 11) is -3.50. The van der Waals surface area contributed by atoms with Crippen molar-refractivity contribution in [3.8, 4) is 0 Å². The summed E-state index contributed by atoms with van der Waals surface area (Å²) in [5, 5.41) is 0. The molecule has 1 aromatic rings. The quantitative estimate of drug-likeness (QED) is 0.819. The number of hydrogen-bond acceptors (Lipinski definition) is 4. The van der Waals surface area contributed by atoms with Crippen molar-refractivity contribution in [1.82, 2.24) is 4.72 Å². The number of halogens is 1. The van der Waals surface area contributed by atoms with Crippen molar-refractivity contribution in [2.75, 3.05) is 17.2 Å². The van der Waals surface area contributed by atoms with E-state index in [1.54, 1.807) is 12.1 Å². The van der Waals surface area contributed by atoms with E-state index in [0.29, 0.717) is 10.2 Å². The van der Waals surface area contributed by atoms with Crippen molar-refractivity contribution < 1.29 is 8.42 Å². The number of benzene rings is 1. The Kier molecular flexibility index (Phi) is 4.58. The number of nitrogens with one attached hydrogen (secondary N) is 1. The fourth-order valence-corrected chi connectivity index (χ4v) is 5.23. The van der Waals surface area contributed by atoms with Crippen LogP contribution in [-0.2, 0) is 10.0 Å². The van der Waals surface area contributed by atoms with Gasteiger partial charge in [0.2, 0.25) is 10.0 Å². The molecule has 0 saturated carbocycles. The molecule has 0 radical (unpaired) electrons. The Hall–Kier alpha value is -0.240. The molecule has 3 N–H and O–H groups in total. The monoisotopic (exact) mass is 350 g/mol. The molecular formula is C11H15BrN2O2S2. The number of anilines is 1. The van der Waals surface area contributed by atoms with Gasteiger partial charge < -0.3 is 5.73 Å². The lowest BCUT2D eigenvalue weighted by molar-refractivity contribution is 0.528. The van der Waals surface area contributed by atoms with Gasteiger partial charge in [-0.05, 0) is 58.5 Å². The highest BCUT2D eigenvalue weighted by Crippen LogP contribution is 2.25. The Balaban J connectivity index is 2.21. The molecular weight excluding hydrogens is 336 g/mol. The fourth-order valence-electron chi connectivity index (χ4n) is 1.82. The normalized spacial score (nSPS) is 17.8. The first kappa shape index (κ1) is 14.2. The molecule has 7 heteroatoms. The number of nitrogen functional groups attached to an aromatic ring is 1. The zero-order valence-electron chi connectivity index (χ0n) is 9.73. The van der Waals surface area contributed by atoms with Gasteiger partial charge in [-0.2, -0.15) is 11.8 Å². The number of nitrogens with two attached hydrogens (primary N) is 1. The lowest BCUT2D eigenvalue weighted by Gasteiger charge is -2.22. The number of hydrogen-bond donors (Lipinski definition) is 2. The van der Waals surface area contributed by atoms with E-state index >= 15 is 0 Å². The number of rotatable bonds is 3. The van der Waals surface area contributed by atoms with Gasteiger partial charge >= 0.3 is 0 Å². The molecule has 1 aliphatic heterocycles. The molecule has 4 nitrogen and oxygen atoms in total. The first-order valence-corrected chi connectivity index (χ1v) is 9.07. The summed E-state index contributed by atoms with van der Waals surface area (Å²) in [6.45, 7) is 0. The summed E-state index contributed by atoms with van der Waals surface area (Å²) in [6, 6.07) is 4.83. The van der Waals surface area contributed by atoms with Gasteiger partial charge in [0.1, 0.15) is 0 Å². The molecule has 2 rings (SSSR count). The first-order chi connectivity index (χ1) is 8.49. The Morgan fingerprint density at radius 1 is 1.33 bits per heavy atom. The summed E-state index contributed by atoms with van der Waals surface area (Å²) >= 11 is 5.11. The van der Waals surface area contributed by atoms with E-state index in [-0.39, 0.29) is 10.9 Å². The second kappa shape index (κ2) is 5.81. The smallest absolute Gasteiger partial charge is 0.242 e. The number of thioether (sulfide) groups is 1. The molecule has 0 spiro atoms. The SMILES string of the molecule is Nc1ccc(Br)c(S(=O)(=O)NC2CCSCC2)c1. The maximum absolute atomic E-state index is 12.3. The van der Waals surface area contributed by atoms with Crippen molar-refractivity contribution >= 4 is 43.4 Å². The standard InChI is InChI=1S/C11H15BrN2O2S2/c12-10-2-1-8(13)7-11(10)18(15,16)14-9-3-5-17-6-4-9/h1-2,7,9,14H,3-6,13H2. The van der Waals surface area contributed by atoms with E-state index in [9.17, 15) is 8.42 Å². The highest BCUT2D eigenvalue weighted by atomic mass is 79.9. The van der Waals surface area contributed by atoms with Crippen molar-refractivity contribution in [2.45, 2.75) is 23.8 Å². The van der Waals surface area contributed by atoms with Crippen LogP contribution in [0.2, 0.25) is 0 Å². The molecule has 1 aliphatic rings. The molecule has 0 aromatic heterocycles. The molecule has 1 saturated heterocycles. The van der Waals surface area contributed by atoms with E-state index in [0.717, 1.165) is 24.3 Å². The van der Waals surface area contributed by atoms with Crippen LogP contribution in [0.5, 0.6) is 0 Å². The maximum Gasteiger partial charge on any atom is 0.242 e. The highest BCUT2D eigenvalue weighted by Gasteiger charge is 2.23. The average Bonchev–Trinajstić information content (AvgIpc) is 2.33. The summed E-state index contributed by atoms with van der Waals surface area (Å²) in [5.74, 6) is 2.01. The van der Waals surface area contributed by atoms with Gasteiger partial charge in [-0.1, -0.05) is 0 Å². The largest absolute Gasteiger partial charge is 0.399 e. The van der Waals surface area contributed by atoms with Crippen LogP contribution < -0.4 is 10.5 Å². The topological polar surface area (TPSA) is 72.2 Å².